The molecule has 108 valence electrons. The van der Waals surface area contributed by atoms with Crippen LogP contribution in [-0.2, 0) is 0 Å². The van der Waals surface area contributed by atoms with Gasteiger partial charge in [0, 0.05) is 16.7 Å². The molecule has 2 N–H and O–H groups in total. The molecule has 0 radical (unpaired) electrons. The summed E-state index contributed by atoms with van der Waals surface area (Å²) in [7, 11) is 0. The molecule has 1 atom stereocenters. The minimum atomic E-state index is -0.677. The lowest BCUT2D eigenvalue weighted by atomic mass is 10.2. The van der Waals surface area contributed by atoms with Gasteiger partial charge in [0.15, 0.2) is 0 Å². The highest BCUT2D eigenvalue weighted by atomic mass is 79.9. The van der Waals surface area contributed by atoms with Gasteiger partial charge in [0.2, 0.25) is 0 Å². The summed E-state index contributed by atoms with van der Waals surface area (Å²) in [5.74, 6) is 0.486. The van der Waals surface area contributed by atoms with Crippen molar-refractivity contribution in [3.8, 4) is 11.8 Å². The highest BCUT2D eigenvalue weighted by Gasteiger charge is 2.08. The maximum Gasteiger partial charge on any atom is 0.137 e. The SMILES string of the molecule is N#Cc1ccccc1OCC(O)CNc1ccccc1Br. The Morgan fingerprint density at radius 1 is 1.19 bits per heavy atom. The quantitative estimate of drug-likeness (QED) is 0.842. The predicted molar refractivity (Wildman–Crippen MR) is 85.3 cm³/mol. The van der Waals surface area contributed by atoms with Gasteiger partial charge in [-0.05, 0) is 40.2 Å². The number of rotatable bonds is 6. The molecule has 0 aliphatic rings. The molecular formula is C16H15BrN2O2. The molecule has 0 bridgehead atoms. The second-order valence-corrected chi connectivity index (χ2v) is 5.29. The highest BCUT2D eigenvalue weighted by Crippen LogP contribution is 2.21. The molecule has 0 fully saturated rings. The molecule has 21 heavy (non-hydrogen) atoms. The normalized spacial score (nSPS) is 11.5. The van der Waals surface area contributed by atoms with E-state index in [1.54, 1.807) is 24.3 Å². The Morgan fingerprint density at radius 3 is 2.67 bits per heavy atom. The van der Waals surface area contributed by atoms with Gasteiger partial charge in [-0.25, -0.2) is 0 Å². The van der Waals surface area contributed by atoms with Crippen LogP contribution in [0.3, 0.4) is 0 Å². The molecule has 0 spiro atoms. The fourth-order valence-corrected chi connectivity index (χ4v) is 2.19. The average Bonchev–Trinajstić information content (AvgIpc) is 2.52. The number of halogens is 1. The van der Waals surface area contributed by atoms with Crippen LogP contribution < -0.4 is 10.1 Å². The van der Waals surface area contributed by atoms with Crippen LogP contribution in [0.4, 0.5) is 5.69 Å². The number of anilines is 1. The van der Waals surface area contributed by atoms with Crippen LogP contribution in [0.25, 0.3) is 0 Å². The van der Waals surface area contributed by atoms with Crippen LogP contribution in [0.5, 0.6) is 5.75 Å². The zero-order valence-electron chi connectivity index (χ0n) is 11.3. The number of aliphatic hydroxyl groups excluding tert-OH is 1. The number of aliphatic hydroxyl groups is 1. The fourth-order valence-electron chi connectivity index (χ4n) is 1.76. The first-order valence-electron chi connectivity index (χ1n) is 6.49. The van der Waals surface area contributed by atoms with Gasteiger partial charge < -0.3 is 15.2 Å². The lowest BCUT2D eigenvalue weighted by Gasteiger charge is -2.15. The van der Waals surface area contributed by atoms with E-state index in [0.717, 1.165) is 10.2 Å². The van der Waals surface area contributed by atoms with Crippen LogP contribution in [0.1, 0.15) is 5.56 Å². The molecule has 5 heteroatoms. The minimum absolute atomic E-state index is 0.121. The lowest BCUT2D eigenvalue weighted by Crippen LogP contribution is -2.26. The first-order chi connectivity index (χ1) is 10.2. The van der Waals surface area contributed by atoms with Gasteiger partial charge >= 0.3 is 0 Å². The molecule has 2 aromatic rings. The maximum absolute atomic E-state index is 9.94. The van der Waals surface area contributed by atoms with Crippen LogP contribution in [0, 0.1) is 11.3 Å². The molecular weight excluding hydrogens is 332 g/mol. The van der Waals surface area contributed by atoms with E-state index in [4.69, 9.17) is 10.00 Å². The summed E-state index contributed by atoms with van der Waals surface area (Å²) >= 11 is 3.43. The Kier molecular flexibility index (Phi) is 5.61. The van der Waals surface area contributed by atoms with E-state index in [0.29, 0.717) is 17.9 Å². The van der Waals surface area contributed by atoms with E-state index < -0.39 is 6.10 Å². The van der Waals surface area contributed by atoms with Crippen molar-refractivity contribution in [2.24, 2.45) is 0 Å². The Bertz CT molecular complexity index is 640. The van der Waals surface area contributed by atoms with E-state index in [2.05, 4.69) is 27.3 Å². The Hall–Kier alpha value is -2.03. The second kappa shape index (κ2) is 7.67. The van der Waals surface area contributed by atoms with Gasteiger partial charge in [-0.2, -0.15) is 5.26 Å². The monoisotopic (exact) mass is 346 g/mol. The maximum atomic E-state index is 9.94. The van der Waals surface area contributed by atoms with E-state index in [1.165, 1.54) is 0 Å². The van der Waals surface area contributed by atoms with E-state index in [-0.39, 0.29) is 6.61 Å². The molecule has 2 aromatic carbocycles. The van der Waals surface area contributed by atoms with Crippen molar-refractivity contribution in [1.29, 1.82) is 5.26 Å². The van der Waals surface area contributed by atoms with Gasteiger partial charge in [-0.1, -0.05) is 24.3 Å². The number of hydrogen-bond donors (Lipinski definition) is 2. The molecule has 0 saturated carbocycles. The van der Waals surface area contributed by atoms with Crippen molar-refractivity contribution >= 4 is 21.6 Å². The van der Waals surface area contributed by atoms with Crippen LogP contribution in [0.15, 0.2) is 53.0 Å². The number of nitriles is 1. The van der Waals surface area contributed by atoms with Crippen molar-refractivity contribution < 1.29 is 9.84 Å². The second-order valence-electron chi connectivity index (χ2n) is 4.43. The number of ether oxygens (including phenoxy) is 1. The van der Waals surface area contributed by atoms with Crippen molar-refractivity contribution in [3.63, 3.8) is 0 Å². The average molecular weight is 347 g/mol. The van der Waals surface area contributed by atoms with Gasteiger partial charge in [-0.3, -0.25) is 0 Å². The lowest BCUT2D eigenvalue weighted by molar-refractivity contribution is 0.117. The zero-order valence-corrected chi connectivity index (χ0v) is 12.9. The smallest absolute Gasteiger partial charge is 0.137 e. The van der Waals surface area contributed by atoms with Crippen molar-refractivity contribution in [1.82, 2.24) is 0 Å². The van der Waals surface area contributed by atoms with Crippen LogP contribution in [-0.4, -0.2) is 24.4 Å². The van der Waals surface area contributed by atoms with Crippen molar-refractivity contribution in [3.05, 3.63) is 58.6 Å². The fraction of sp³-hybridized carbons (Fsp3) is 0.188. The third-order valence-electron chi connectivity index (χ3n) is 2.84. The Balaban J connectivity index is 1.84. The summed E-state index contributed by atoms with van der Waals surface area (Å²) < 4.78 is 6.42. The molecule has 1 unspecified atom stereocenters. The number of benzene rings is 2. The number of para-hydroxylation sites is 2. The minimum Gasteiger partial charge on any atom is -0.489 e. The zero-order chi connectivity index (χ0) is 15.1. The van der Waals surface area contributed by atoms with E-state index in [1.807, 2.05) is 24.3 Å². The molecule has 2 rings (SSSR count). The molecule has 0 heterocycles. The first-order valence-corrected chi connectivity index (χ1v) is 7.28. The van der Waals surface area contributed by atoms with Gasteiger partial charge in [0.1, 0.15) is 24.5 Å². The summed E-state index contributed by atoms with van der Waals surface area (Å²) in [5, 5.41) is 22.0. The molecule has 0 aromatic heterocycles. The van der Waals surface area contributed by atoms with Crippen molar-refractivity contribution in [2.75, 3.05) is 18.5 Å². The van der Waals surface area contributed by atoms with Gasteiger partial charge in [-0.15, -0.1) is 0 Å². The Labute approximate surface area is 132 Å². The standard InChI is InChI=1S/C16H15BrN2O2/c17-14-6-2-3-7-15(14)19-10-13(20)11-21-16-8-4-1-5-12(16)9-18/h1-8,13,19-20H,10-11H2. The van der Waals surface area contributed by atoms with Crippen molar-refractivity contribution in [2.45, 2.75) is 6.10 Å². The highest BCUT2D eigenvalue weighted by molar-refractivity contribution is 9.10. The molecule has 4 nitrogen and oxygen atoms in total. The largest absolute Gasteiger partial charge is 0.489 e. The molecule has 0 amide bonds. The van der Waals surface area contributed by atoms with Crippen LogP contribution >= 0.6 is 15.9 Å². The summed E-state index contributed by atoms with van der Waals surface area (Å²) in [6.45, 7) is 0.480. The number of nitrogens with zero attached hydrogens (tertiary/aromatic N) is 1. The number of hydrogen-bond acceptors (Lipinski definition) is 4. The number of nitrogens with one attached hydrogen (secondary N) is 1. The van der Waals surface area contributed by atoms with Crippen LogP contribution in [0.2, 0.25) is 0 Å². The topological polar surface area (TPSA) is 65.3 Å². The van der Waals surface area contributed by atoms with E-state index in [9.17, 15) is 5.11 Å². The third kappa shape index (κ3) is 4.48. The van der Waals surface area contributed by atoms with E-state index >= 15 is 0 Å². The summed E-state index contributed by atoms with van der Waals surface area (Å²) in [5.41, 5.74) is 1.37. The molecule has 0 aliphatic carbocycles. The molecule has 0 aliphatic heterocycles. The predicted octanol–water partition coefficient (Wildman–Crippen LogP) is 3.17. The van der Waals surface area contributed by atoms with Gasteiger partial charge in [0.25, 0.3) is 0 Å². The summed E-state index contributed by atoms with van der Waals surface area (Å²) in [6, 6.07) is 16.7. The molecule has 0 saturated heterocycles. The summed E-state index contributed by atoms with van der Waals surface area (Å²) in [6.07, 6.45) is -0.677. The summed E-state index contributed by atoms with van der Waals surface area (Å²) in [4.78, 5) is 0. The first kappa shape index (κ1) is 15.4. The third-order valence-corrected chi connectivity index (χ3v) is 3.53. The van der Waals surface area contributed by atoms with Gasteiger partial charge in [0.05, 0.1) is 5.56 Å². The Morgan fingerprint density at radius 2 is 1.90 bits per heavy atom.